The minimum Gasteiger partial charge on any atom is -0.480 e. The third-order valence-corrected chi connectivity index (χ3v) is 6.04. The van der Waals surface area contributed by atoms with E-state index in [4.69, 9.17) is 4.74 Å². The van der Waals surface area contributed by atoms with Crippen LogP contribution in [0.3, 0.4) is 0 Å². The summed E-state index contributed by atoms with van der Waals surface area (Å²) in [6.07, 6.45) is 2.63. The van der Waals surface area contributed by atoms with Crippen molar-refractivity contribution in [2.75, 3.05) is 0 Å². The zero-order valence-electron chi connectivity index (χ0n) is 14.7. The van der Waals surface area contributed by atoms with E-state index in [9.17, 15) is 29.4 Å². The monoisotopic (exact) mass is 354 g/mol. The van der Waals surface area contributed by atoms with Crippen LogP contribution in [-0.4, -0.2) is 34.1 Å². The Hall–Kier alpha value is -1.92. The van der Waals surface area contributed by atoms with Gasteiger partial charge >= 0.3 is 23.9 Å². The maximum absolute atomic E-state index is 12.5. The van der Waals surface area contributed by atoms with Gasteiger partial charge in [0.1, 0.15) is 0 Å². The van der Waals surface area contributed by atoms with E-state index in [-0.39, 0.29) is 25.7 Å². The Morgan fingerprint density at radius 2 is 1.00 bits per heavy atom. The number of ether oxygens (including phenoxy) is 1. The average Bonchev–Trinajstić information content (AvgIpc) is 2.55. The Morgan fingerprint density at radius 3 is 1.24 bits per heavy atom. The molecule has 0 spiro atoms. The molecule has 2 aliphatic carbocycles. The first-order valence-electron chi connectivity index (χ1n) is 8.87. The van der Waals surface area contributed by atoms with Gasteiger partial charge in [0.15, 0.2) is 10.8 Å². The number of rotatable bonds is 4. The summed E-state index contributed by atoms with van der Waals surface area (Å²) in [4.78, 5) is 48.5. The summed E-state index contributed by atoms with van der Waals surface area (Å²) in [5, 5.41) is 19.1. The molecule has 0 saturated heterocycles. The lowest BCUT2D eigenvalue weighted by Crippen LogP contribution is -2.49. The zero-order valence-corrected chi connectivity index (χ0v) is 14.7. The Morgan fingerprint density at radius 1 is 0.720 bits per heavy atom. The summed E-state index contributed by atoms with van der Waals surface area (Å²) in [6, 6.07) is 0. The van der Waals surface area contributed by atoms with E-state index >= 15 is 0 Å². The molecule has 0 radical (unpaired) electrons. The van der Waals surface area contributed by atoms with Crippen molar-refractivity contribution in [3.63, 3.8) is 0 Å². The second-order valence-electron chi connectivity index (χ2n) is 7.82. The summed E-state index contributed by atoms with van der Waals surface area (Å²) in [7, 11) is 0. The zero-order chi connectivity index (χ0) is 18.8. The molecule has 0 aromatic heterocycles. The number of aliphatic carboxylic acids is 2. The predicted octanol–water partition coefficient (Wildman–Crippen LogP) is 2.62. The topological polar surface area (TPSA) is 118 Å². The number of carbonyl (C=O) groups is 4. The molecule has 0 heterocycles. The van der Waals surface area contributed by atoms with Gasteiger partial charge in [-0.15, -0.1) is 0 Å². The number of carboxylic acid groups (broad SMARTS) is 2. The van der Waals surface area contributed by atoms with Crippen LogP contribution in [0.4, 0.5) is 0 Å². The molecule has 7 nitrogen and oxygen atoms in total. The van der Waals surface area contributed by atoms with Gasteiger partial charge in [0.05, 0.1) is 0 Å². The fourth-order valence-electron chi connectivity index (χ4n) is 3.80. The van der Waals surface area contributed by atoms with E-state index in [1.807, 2.05) is 13.8 Å². The number of carbonyl (C=O) groups excluding carboxylic acids is 2. The highest BCUT2D eigenvalue weighted by molar-refractivity contribution is 6.07. The smallest absolute Gasteiger partial charge is 0.331 e. The molecule has 0 aliphatic heterocycles. The van der Waals surface area contributed by atoms with E-state index in [1.165, 1.54) is 0 Å². The number of esters is 2. The van der Waals surface area contributed by atoms with Crippen LogP contribution in [0.15, 0.2) is 0 Å². The van der Waals surface area contributed by atoms with E-state index in [2.05, 4.69) is 0 Å². The van der Waals surface area contributed by atoms with Crippen molar-refractivity contribution in [1.82, 2.24) is 0 Å². The first-order chi connectivity index (χ1) is 11.6. The van der Waals surface area contributed by atoms with Crippen molar-refractivity contribution in [3.8, 4) is 0 Å². The molecule has 0 aromatic rings. The molecule has 7 heteroatoms. The molecule has 25 heavy (non-hydrogen) atoms. The lowest BCUT2D eigenvalue weighted by Gasteiger charge is -2.36. The Kier molecular flexibility index (Phi) is 5.54. The molecular formula is C18H26O7. The highest BCUT2D eigenvalue weighted by Gasteiger charge is 2.54. The first-order valence-corrected chi connectivity index (χ1v) is 8.87. The van der Waals surface area contributed by atoms with Crippen LogP contribution in [0.25, 0.3) is 0 Å². The first kappa shape index (κ1) is 19.4. The van der Waals surface area contributed by atoms with Crippen LogP contribution < -0.4 is 0 Å². The Balaban J connectivity index is 2.18. The number of carboxylic acids is 2. The third kappa shape index (κ3) is 3.55. The minimum atomic E-state index is -1.75. The van der Waals surface area contributed by atoms with Crippen LogP contribution in [0.5, 0.6) is 0 Å². The van der Waals surface area contributed by atoms with Gasteiger partial charge in [-0.1, -0.05) is 13.8 Å². The van der Waals surface area contributed by atoms with Crippen LogP contribution in [0, 0.1) is 22.7 Å². The quantitative estimate of drug-likeness (QED) is 0.588. The second kappa shape index (κ2) is 7.14. The Bertz CT molecular complexity index is 514. The molecule has 2 aliphatic rings. The standard InChI is InChI=1S/C18H26O7/c1-11-3-7-17(8-4-11,13(19)20)15(23)25-16(24)18(14(21)22)9-5-12(2)6-10-18/h11-12H,3-10H2,1-2H3,(H,19,20)(H,21,22). The fraction of sp³-hybridized carbons (Fsp3) is 0.778. The summed E-state index contributed by atoms with van der Waals surface area (Å²) in [6.45, 7) is 3.95. The Labute approximate surface area is 146 Å². The molecule has 2 fully saturated rings. The van der Waals surface area contributed by atoms with Crippen molar-refractivity contribution < 1.29 is 34.1 Å². The second-order valence-corrected chi connectivity index (χ2v) is 7.82. The van der Waals surface area contributed by atoms with E-state index in [0.717, 1.165) is 0 Å². The predicted molar refractivity (Wildman–Crippen MR) is 86.5 cm³/mol. The van der Waals surface area contributed by atoms with Gasteiger partial charge in [-0.2, -0.15) is 0 Å². The van der Waals surface area contributed by atoms with Crippen molar-refractivity contribution in [2.24, 2.45) is 22.7 Å². The highest BCUT2D eigenvalue weighted by atomic mass is 16.6. The molecule has 0 unspecified atom stereocenters. The van der Waals surface area contributed by atoms with Crippen molar-refractivity contribution in [2.45, 2.75) is 65.2 Å². The summed E-state index contributed by atoms with van der Waals surface area (Å²) in [5.41, 5.74) is -3.49. The summed E-state index contributed by atoms with van der Waals surface area (Å²) >= 11 is 0. The molecule has 0 atom stereocenters. The largest absolute Gasteiger partial charge is 0.480 e. The fourth-order valence-corrected chi connectivity index (χ4v) is 3.80. The third-order valence-electron chi connectivity index (χ3n) is 6.04. The lowest BCUT2D eigenvalue weighted by molar-refractivity contribution is -0.185. The number of hydrogen-bond donors (Lipinski definition) is 2. The lowest BCUT2D eigenvalue weighted by atomic mass is 9.70. The van der Waals surface area contributed by atoms with Crippen LogP contribution in [0.2, 0.25) is 0 Å². The maximum Gasteiger partial charge on any atom is 0.331 e. The molecule has 140 valence electrons. The van der Waals surface area contributed by atoms with E-state index < -0.39 is 34.7 Å². The molecular weight excluding hydrogens is 328 g/mol. The molecule has 0 bridgehead atoms. The van der Waals surface area contributed by atoms with Crippen LogP contribution in [0.1, 0.15) is 65.2 Å². The minimum absolute atomic E-state index is 0.104. The van der Waals surface area contributed by atoms with Gasteiger partial charge in [0.2, 0.25) is 0 Å². The molecule has 0 aromatic carbocycles. The normalized spacial score (nSPS) is 35.6. The molecule has 2 N–H and O–H groups in total. The van der Waals surface area contributed by atoms with Gasteiger partial charge in [-0.25, -0.2) is 0 Å². The van der Waals surface area contributed by atoms with Gasteiger partial charge in [-0.05, 0) is 63.2 Å². The van der Waals surface area contributed by atoms with Crippen LogP contribution in [-0.2, 0) is 23.9 Å². The van der Waals surface area contributed by atoms with Gasteiger partial charge in [-0.3, -0.25) is 19.2 Å². The van der Waals surface area contributed by atoms with Crippen LogP contribution >= 0.6 is 0 Å². The van der Waals surface area contributed by atoms with Crippen molar-refractivity contribution in [3.05, 3.63) is 0 Å². The molecule has 2 saturated carbocycles. The van der Waals surface area contributed by atoms with Gasteiger partial charge in [0.25, 0.3) is 0 Å². The van der Waals surface area contributed by atoms with Gasteiger partial charge in [0, 0.05) is 0 Å². The SMILES string of the molecule is CC1CCC(C(=O)O)(C(=O)OC(=O)C2(C(=O)O)CCC(C)CC2)CC1. The molecule has 2 rings (SSSR count). The number of hydrogen-bond acceptors (Lipinski definition) is 5. The van der Waals surface area contributed by atoms with Gasteiger partial charge < -0.3 is 14.9 Å². The van der Waals surface area contributed by atoms with Crippen molar-refractivity contribution in [1.29, 1.82) is 0 Å². The van der Waals surface area contributed by atoms with Crippen molar-refractivity contribution >= 4 is 23.9 Å². The summed E-state index contributed by atoms with van der Waals surface area (Å²) < 4.78 is 4.89. The average molecular weight is 354 g/mol. The van der Waals surface area contributed by atoms with E-state index in [0.29, 0.717) is 37.5 Å². The van der Waals surface area contributed by atoms with E-state index in [1.54, 1.807) is 0 Å². The summed E-state index contributed by atoms with van der Waals surface area (Å²) in [5.74, 6) is -4.23. The maximum atomic E-state index is 12.5. The highest BCUT2D eigenvalue weighted by Crippen LogP contribution is 2.43. The molecule has 0 amide bonds.